The number of benzene rings is 2. The third kappa shape index (κ3) is 7.78. The number of amides is 2. The number of allylic oxidation sites excluding steroid dienone is 1. The molecule has 1 atom stereocenters. The zero-order valence-corrected chi connectivity index (χ0v) is 22.0. The third-order valence-electron chi connectivity index (χ3n) is 5.26. The molecule has 2 amide bonds. The van der Waals surface area contributed by atoms with Gasteiger partial charge >= 0.3 is 5.97 Å². The van der Waals surface area contributed by atoms with E-state index in [1.54, 1.807) is 42.5 Å². The van der Waals surface area contributed by atoms with Gasteiger partial charge in [0, 0.05) is 17.8 Å². The normalized spacial score (nSPS) is 11.4. The van der Waals surface area contributed by atoms with E-state index in [1.807, 2.05) is 37.5 Å². The number of hydrogen-bond acceptors (Lipinski definition) is 7. The highest BCUT2D eigenvalue weighted by Crippen LogP contribution is 2.22. The summed E-state index contributed by atoms with van der Waals surface area (Å²) >= 11 is 1.22. The van der Waals surface area contributed by atoms with Gasteiger partial charge in [0.2, 0.25) is 5.91 Å². The lowest BCUT2D eigenvalue weighted by Gasteiger charge is -2.15. The van der Waals surface area contributed by atoms with Crippen LogP contribution in [-0.2, 0) is 16.1 Å². The number of aromatic nitrogens is 3. The first-order chi connectivity index (χ1) is 17.8. The van der Waals surface area contributed by atoms with Crippen LogP contribution in [0.5, 0.6) is 0 Å². The molecule has 0 bridgehead atoms. The largest absolute Gasteiger partial charge is 0.462 e. The predicted octanol–water partition coefficient (Wildman–Crippen LogP) is 4.56. The maximum Gasteiger partial charge on any atom is 0.338 e. The van der Waals surface area contributed by atoms with Crippen LogP contribution in [0, 0.1) is 6.92 Å². The number of nitrogens with zero attached hydrogens (tertiary/aromatic N) is 3. The maximum absolute atomic E-state index is 12.6. The number of carbonyl (C=O) groups excluding carboxylic acids is 3. The number of rotatable bonds is 12. The van der Waals surface area contributed by atoms with Crippen molar-refractivity contribution in [2.75, 3.05) is 17.7 Å². The fraction of sp³-hybridized carbons (Fsp3) is 0.296. The van der Waals surface area contributed by atoms with Crippen LogP contribution >= 0.6 is 11.8 Å². The van der Waals surface area contributed by atoms with Gasteiger partial charge in [0.25, 0.3) is 5.91 Å². The van der Waals surface area contributed by atoms with Crippen molar-refractivity contribution in [3.8, 4) is 0 Å². The second-order valence-electron chi connectivity index (χ2n) is 8.35. The summed E-state index contributed by atoms with van der Waals surface area (Å²) in [6.45, 7) is 10.3. The van der Waals surface area contributed by atoms with Gasteiger partial charge in [-0.2, -0.15) is 0 Å². The van der Waals surface area contributed by atoms with Crippen molar-refractivity contribution in [2.24, 2.45) is 0 Å². The molecule has 0 radical (unpaired) electrons. The van der Waals surface area contributed by atoms with Crippen molar-refractivity contribution in [1.29, 1.82) is 0 Å². The van der Waals surface area contributed by atoms with Crippen molar-refractivity contribution in [3.05, 3.63) is 83.7 Å². The number of nitrogens with one attached hydrogen (secondary N) is 2. The van der Waals surface area contributed by atoms with Crippen LogP contribution in [0.25, 0.3) is 0 Å². The zero-order chi connectivity index (χ0) is 26.8. The summed E-state index contributed by atoms with van der Waals surface area (Å²) < 4.78 is 6.96. The number of aryl methyl sites for hydroxylation is 1. The molecule has 0 aliphatic carbocycles. The number of thioether (sulfide) groups is 1. The molecule has 3 aromatic rings. The Morgan fingerprint density at radius 1 is 1.14 bits per heavy atom. The summed E-state index contributed by atoms with van der Waals surface area (Å²) in [4.78, 5) is 37.3. The fourth-order valence-electron chi connectivity index (χ4n) is 3.41. The van der Waals surface area contributed by atoms with E-state index in [-0.39, 0.29) is 17.6 Å². The summed E-state index contributed by atoms with van der Waals surface area (Å²) in [7, 11) is 0. The van der Waals surface area contributed by atoms with E-state index >= 15 is 0 Å². The van der Waals surface area contributed by atoms with Crippen LogP contribution in [0.3, 0.4) is 0 Å². The molecule has 10 heteroatoms. The number of hydrogen-bond donors (Lipinski definition) is 2. The van der Waals surface area contributed by atoms with Gasteiger partial charge in [-0.3, -0.25) is 9.59 Å². The first kappa shape index (κ1) is 27.7. The Morgan fingerprint density at radius 3 is 2.59 bits per heavy atom. The SMILES string of the molecule is C=CCn1c(SCC(=O)Nc2cccc(C(=O)OCCC)c2)nnc1[C@H](C)NC(=O)c1ccc(C)cc1. The minimum absolute atomic E-state index is 0.0733. The van der Waals surface area contributed by atoms with Gasteiger partial charge in [0.1, 0.15) is 0 Å². The van der Waals surface area contributed by atoms with Crippen molar-refractivity contribution < 1.29 is 19.1 Å². The lowest BCUT2D eigenvalue weighted by atomic mass is 10.1. The van der Waals surface area contributed by atoms with E-state index in [9.17, 15) is 14.4 Å². The Kier molecular flexibility index (Phi) is 10.0. The molecule has 0 aliphatic rings. The van der Waals surface area contributed by atoms with Crippen LogP contribution in [-0.4, -0.2) is 44.9 Å². The molecule has 1 aromatic heterocycles. The Bertz CT molecular complexity index is 1260. The minimum atomic E-state index is -0.430. The van der Waals surface area contributed by atoms with Crippen molar-refractivity contribution in [2.45, 2.75) is 44.9 Å². The van der Waals surface area contributed by atoms with Crippen LogP contribution in [0.2, 0.25) is 0 Å². The van der Waals surface area contributed by atoms with E-state index in [0.717, 1.165) is 12.0 Å². The van der Waals surface area contributed by atoms with Crippen LogP contribution in [0.1, 0.15) is 58.4 Å². The molecule has 0 saturated heterocycles. The molecular weight excluding hydrogens is 490 g/mol. The van der Waals surface area contributed by atoms with E-state index < -0.39 is 12.0 Å². The number of esters is 1. The summed E-state index contributed by atoms with van der Waals surface area (Å²) in [5, 5.41) is 14.8. The summed E-state index contributed by atoms with van der Waals surface area (Å²) in [6.07, 6.45) is 2.43. The highest BCUT2D eigenvalue weighted by atomic mass is 32.2. The van der Waals surface area contributed by atoms with E-state index in [1.165, 1.54) is 11.8 Å². The van der Waals surface area contributed by atoms with Gasteiger partial charge in [-0.1, -0.05) is 48.5 Å². The van der Waals surface area contributed by atoms with Gasteiger partial charge in [-0.15, -0.1) is 16.8 Å². The number of carbonyl (C=O) groups is 3. The zero-order valence-electron chi connectivity index (χ0n) is 21.2. The van der Waals surface area contributed by atoms with Gasteiger partial charge < -0.3 is 19.9 Å². The summed E-state index contributed by atoms with van der Waals surface area (Å²) in [6, 6.07) is 13.5. The highest BCUT2D eigenvalue weighted by molar-refractivity contribution is 7.99. The fourth-order valence-corrected chi connectivity index (χ4v) is 4.16. The van der Waals surface area contributed by atoms with Crippen molar-refractivity contribution in [1.82, 2.24) is 20.1 Å². The molecule has 2 aromatic carbocycles. The van der Waals surface area contributed by atoms with Crippen molar-refractivity contribution >= 4 is 35.2 Å². The van der Waals surface area contributed by atoms with Crippen LogP contribution in [0.15, 0.2) is 66.3 Å². The third-order valence-corrected chi connectivity index (χ3v) is 6.22. The van der Waals surface area contributed by atoms with E-state index in [0.29, 0.717) is 40.9 Å². The van der Waals surface area contributed by atoms with Gasteiger partial charge in [0.05, 0.1) is 24.0 Å². The second-order valence-corrected chi connectivity index (χ2v) is 9.30. The lowest BCUT2D eigenvalue weighted by molar-refractivity contribution is -0.113. The lowest BCUT2D eigenvalue weighted by Crippen LogP contribution is -2.28. The minimum Gasteiger partial charge on any atom is -0.462 e. The molecule has 3 rings (SSSR count). The first-order valence-electron chi connectivity index (χ1n) is 11.9. The van der Waals surface area contributed by atoms with Crippen molar-refractivity contribution in [3.63, 3.8) is 0 Å². The number of anilines is 1. The Labute approximate surface area is 220 Å². The predicted molar refractivity (Wildman–Crippen MR) is 144 cm³/mol. The molecule has 2 N–H and O–H groups in total. The Morgan fingerprint density at radius 2 is 1.89 bits per heavy atom. The molecule has 0 spiro atoms. The summed E-state index contributed by atoms with van der Waals surface area (Å²) in [5.74, 6) is -0.277. The topological polar surface area (TPSA) is 115 Å². The molecule has 0 saturated carbocycles. The van der Waals surface area contributed by atoms with Gasteiger partial charge in [-0.25, -0.2) is 4.79 Å². The second kappa shape index (κ2) is 13.4. The molecule has 0 aliphatic heterocycles. The van der Waals surface area contributed by atoms with Gasteiger partial charge in [0.15, 0.2) is 11.0 Å². The smallest absolute Gasteiger partial charge is 0.338 e. The molecule has 37 heavy (non-hydrogen) atoms. The highest BCUT2D eigenvalue weighted by Gasteiger charge is 2.20. The maximum atomic E-state index is 12.6. The molecule has 1 heterocycles. The van der Waals surface area contributed by atoms with E-state index in [2.05, 4.69) is 27.4 Å². The quantitative estimate of drug-likeness (QED) is 0.204. The van der Waals surface area contributed by atoms with Crippen LogP contribution < -0.4 is 10.6 Å². The average Bonchev–Trinajstić information content (AvgIpc) is 3.29. The molecule has 0 fully saturated rings. The molecule has 0 unspecified atom stereocenters. The first-order valence-corrected chi connectivity index (χ1v) is 12.9. The van der Waals surface area contributed by atoms with Gasteiger partial charge in [-0.05, 0) is 50.6 Å². The molecule has 194 valence electrons. The summed E-state index contributed by atoms with van der Waals surface area (Å²) in [5.41, 5.74) is 2.50. The monoisotopic (exact) mass is 521 g/mol. The van der Waals surface area contributed by atoms with Crippen LogP contribution in [0.4, 0.5) is 5.69 Å². The molecule has 9 nitrogen and oxygen atoms in total. The molecular formula is C27H31N5O4S. The Hall–Kier alpha value is -3.92. The standard InChI is InChI=1S/C27H31N5O4S/c1-5-14-32-24(19(4)28-25(34)20-12-10-18(3)11-13-20)30-31-27(32)37-17-23(33)29-22-9-7-8-21(16-22)26(35)36-15-6-2/h5,7-13,16,19H,1,6,14-15,17H2,2-4H3,(H,28,34)(H,29,33)/t19-/m0/s1. The van der Waals surface area contributed by atoms with E-state index in [4.69, 9.17) is 4.74 Å². The average molecular weight is 522 g/mol. The Balaban J connectivity index is 1.62. The number of ether oxygens (including phenoxy) is 1.